The summed E-state index contributed by atoms with van der Waals surface area (Å²) in [5, 5.41) is 9.79. The molecule has 0 amide bonds. The monoisotopic (exact) mass is 270 g/mol. The average Bonchev–Trinajstić information content (AvgIpc) is 2.33. The maximum absolute atomic E-state index is 11.1. The fourth-order valence-corrected chi connectivity index (χ4v) is 1.85. The normalized spacial score (nSPS) is 12.4. The summed E-state index contributed by atoms with van der Waals surface area (Å²) in [6, 6.07) is 5.52. The van der Waals surface area contributed by atoms with Crippen LogP contribution in [0.3, 0.4) is 0 Å². The van der Waals surface area contributed by atoms with Gasteiger partial charge in [0.25, 0.3) is 0 Å². The van der Waals surface area contributed by atoms with Crippen LogP contribution in [0.1, 0.15) is 30.9 Å². The van der Waals surface area contributed by atoms with Crippen molar-refractivity contribution >= 4 is 17.6 Å². The van der Waals surface area contributed by atoms with Crippen molar-refractivity contribution in [2.45, 2.75) is 39.2 Å². The number of unbranched alkanes of at least 4 members (excludes halogenated alkanes) is 1. The van der Waals surface area contributed by atoms with E-state index in [1.807, 2.05) is 26.0 Å². The Hall–Kier alpha value is -1.06. The van der Waals surface area contributed by atoms with Crippen molar-refractivity contribution < 1.29 is 14.6 Å². The first-order chi connectivity index (χ1) is 8.56. The molecule has 0 spiro atoms. The molecule has 100 valence electrons. The average molecular weight is 271 g/mol. The van der Waals surface area contributed by atoms with Crippen LogP contribution in [-0.2, 0) is 16.0 Å². The molecule has 1 rings (SSSR count). The third kappa shape index (κ3) is 4.31. The van der Waals surface area contributed by atoms with Crippen LogP contribution < -0.4 is 0 Å². The van der Waals surface area contributed by atoms with Crippen LogP contribution >= 0.6 is 11.6 Å². The summed E-state index contributed by atoms with van der Waals surface area (Å²) >= 11 is 6.02. The molecule has 0 radical (unpaired) electrons. The molecule has 1 N–H and O–H groups in total. The number of carboxylic acids is 1. The molecule has 0 heterocycles. The Kier molecular flexibility index (Phi) is 6.16. The Morgan fingerprint density at radius 3 is 2.83 bits per heavy atom. The maximum Gasteiger partial charge on any atom is 0.333 e. The number of halogens is 1. The molecule has 0 fully saturated rings. The molecule has 0 saturated heterocycles. The van der Waals surface area contributed by atoms with Gasteiger partial charge in [-0.3, -0.25) is 0 Å². The molecule has 0 saturated carbocycles. The molecular formula is C14H19ClO3. The Morgan fingerprint density at radius 1 is 1.50 bits per heavy atom. The first kappa shape index (κ1) is 15.0. The van der Waals surface area contributed by atoms with E-state index in [4.69, 9.17) is 21.4 Å². The van der Waals surface area contributed by atoms with Crippen LogP contribution in [0.4, 0.5) is 0 Å². The largest absolute Gasteiger partial charge is 0.479 e. The van der Waals surface area contributed by atoms with Crippen molar-refractivity contribution in [2.24, 2.45) is 0 Å². The van der Waals surface area contributed by atoms with Crippen molar-refractivity contribution in [1.29, 1.82) is 0 Å². The van der Waals surface area contributed by atoms with Gasteiger partial charge in [-0.1, -0.05) is 37.1 Å². The van der Waals surface area contributed by atoms with Crippen LogP contribution in [0.25, 0.3) is 0 Å². The Balaban J connectivity index is 2.71. The lowest BCUT2D eigenvalue weighted by Crippen LogP contribution is -2.27. The van der Waals surface area contributed by atoms with E-state index in [-0.39, 0.29) is 0 Å². The summed E-state index contributed by atoms with van der Waals surface area (Å²) in [5.74, 6) is -0.925. The highest BCUT2D eigenvalue weighted by Gasteiger charge is 2.19. The minimum absolute atomic E-state index is 0.353. The van der Waals surface area contributed by atoms with Crippen molar-refractivity contribution in [3.8, 4) is 0 Å². The predicted molar refractivity (Wildman–Crippen MR) is 72.2 cm³/mol. The fraction of sp³-hybridized carbons (Fsp3) is 0.500. The third-order valence-corrected chi connectivity index (χ3v) is 3.29. The number of hydrogen-bond acceptors (Lipinski definition) is 2. The zero-order chi connectivity index (χ0) is 13.5. The number of carboxylic acid groups (broad SMARTS) is 1. The second kappa shape index (κ2) is 7.39. The summed E-state index contributed by atoms with van der Waals surface area (Å²) in [7, 11) is 0. The van der Waals surface area contributed by atoms with Crippen LogP contribution in [0.15, 0.2) is 18.2 Å². The topological polar surface area (TPSA) is 46.5 Å². The first-order valence-corrected chi connectivity index (χ1v) is 6.52. The van der Waals surface area contributed by atoms with Crippen molar-refractivity contribution in [3.63, 3.8) is 0 Å². The summed E-state index contributed by atoms with van der Waals surface area (Å²) in [4.78, 5) is 11.1. The van der Waals surface area contributed by atoms with Crippen LogP contribution in [0.2, 0.25) is 5.02 Å². The minimum Gasteiger partial charge on any atom is -0.479 e. The number of ether oxygens (including phenoxy) is 1. The van der Waals surface area contributed by atoms with E-state index in [0.29, 0.717) is 18.1 Å². The molecule has 1 aromatic carbocycles. The van der Waals surface area contributed by atoms with Crippen LogP contribution in [-0.4, -0.2) is 23.8 Å². The van der Waals surface area contributed by atoms with E-state index in [1.165, 1.54) is 0 Å². The smallest absolute Gasteiger partial charge is 0.333 e. The SMILES string of the molecule is CCCCO[C@H](Cc1cccc(Cl)c1C)C(=O)O. The number of aliphatic carboxylic acids is 1. The van der Waals surface area contributed by atoms with E-state index in [2.05, 4.69) is 0 Å². The zero-order valence-electron chi connectivity index (χ0n) is 10.8. The highest BCUT2D eigenvalue weighted by atomic mass is 35.5. The lowest BCUT2D eigenvalue weighted by Gasteiger charge is -2.15. The zero-order valence-corrected chi connectivity index (χ0v) is 11.5. The van der Waals surface area contributed by atoms with Crippen LogP contribution in [0.5, 0.6) is 0 Å². The molecule has 0 unspecified atom stereocenters. The molecular weight excluding hydrogens is 252 g/mol. The van der Waals surface area contributed by atoms with Crippen molar-refractivity contribution in [2.75, 3.05) is 6.61 Å². The van der Waals surface area contributed by atoms with E-state index in [0.717, 1.165) is 24.0 Å². The van der Waals surface area contributed by atoms with Crippen molar-refractivity contribution in [1.82, 2.24) is 0 Å². The summed E-state index contributed by atoms with van der Waals surface area (Å²) < 4.78 is 5.40. The van der Waals surface area contributed by atoms with Gasteiger partial charge in [0.15, 0.2) is 6.10 Å². The molecule has 1 atom stereocenters. The first-order valence-electron chi connectivity index (χ1n) is 6.14. The second-order valence-corrected chi connectivity index (χ2v) is 4.69. The third-order valence-electron chi connectivity index (χ3n) is 2.88. The van der Waals surface area contributed by atoms with E-state index < -0.39 is 12.1 Å². The van der Waals surface area contributed by atoms with Gasteiger partial charge in [-0.25, -0.2) is 4.79 Å². The minimum atomic E-state index is -0.925. The lowest BCUT2D eigenvalue weighted by molar-refractivity contribution is -0.150. The highest BCUT2D eigenvalue weighted by Crippen LogP contribution is 2.20. The summed E-state index contributed by atoms with van der Waals surface area (Å²) in [5.41, 5.74) is 1.84. The van der Waals surface area contributed by atoms with Gasteiger partial charge in [0.2, 0.25) is 0 Å². The highest BCUT2D eigenvalue weighted by molar-refractivity contribution is 6.31. The number of hydrogen-bond donors (Lipinski definition) is 1. The molecule has 4 heteroatoms. The van der Waals surface area contributed by atoms with Gasteiger partial charge >= 0.3 is 5.97 Å². The van der Waals surface area contributed by atoms with E-state index in [1.54, 1.807) is 6.07 Å². The molecule has 0 aliphatic carbocycles. The maximum atomic E-state index is 11.1. The van der Waals surface area contributed by atoms with Crippen molar-refractivity contribution in [3.05, 3.63) is 34.3 Å². The van der Waals surface area contributed by atoms with Gasteiger partial charge in [-0.05, 0) is 30.5 Å². The molecule has 3 nitrogen and oxygen atoms in total. The van der Waals surface area contributed by atoms with Gasteiger partial charge in [-0.15, -0.1) is 0 Å². The van der Waals surface area contributed by atoms with Crippen LogP contribution in [0, 0.1) is 6.92 Å². The second-order valence-electron chi connectivity index (χ2n) is 4.28. The Morgan fingerprint density at radius 2 is 2.22 bits per heavy atom. The molecule has 0 aliphatic rings. The molecule has 0 aromatic heterocycles. The fourth-order valence-electron chi connectivity index (χ4n) is 1.66. The van der Waals surface area contributed by atoms with E-state index in [9.17, 15) is 4.79 Å². The molecule has 18 heavy (non-hydrogen) atoms. The molecule has 0 aliphatic heterocycles. The predicted octanol–water partition coefficient (Wildman–Crippen LogP) is 3.46. The standard InChI is InChI=1S/C14H19ClO3/c1-3-4-8-18-13(14(16)17)9-11-6-5-7-12(15)10(11)2/h5-7,13H,3-4,8-9H2,1-2H3,(H,16,17)/t13-/m1/s1. The number of rotatable bonds is 7. The van der Waals surface area contributed by atoms with Gasteiger partial charge in [-0.2, -0.15) is 0 Å². The Bertz CT molecular complexity index is 404. The summed E-state index contributed by atoms with van der Waals surface area (Å²) in [6.07, 6.45) is 1.42. The molecule has 1 aromatic rings. The quantitative estimate of drug-likeness (QED) is 0.772. The lowest BCUT2D eigenvalue weighted by atomic mass is 10.0. The number of benzene rings is 1. The number of carbonyl (C=O) groups is 1. The van der Waals surface area contributed by atoms with Gasteiger partial charge < -0.3 is 9.84 Å². The Labute approximate surface area is 113 Å². The summed E-state index contributed by atoms with van der Waals surface area (Å²) in [6.45, 7) is 4.41. The molecule has 0 bridgehead atoms. The van der Waals surface area contributed by atoms with Gasteiger partial charge in [0.1, 0.15) is 0 Å². The van der Waals surface area contributed by atoms with E-state index >= 15 is 0 Å². The van der Waals surface area contributed by atoms with Gasteiger partial charge in [0.05, 0.1) is 0 Å². The van der Waals surface area contributed by atoms with Gasteiger partial charge in [0, 0.05) is 18.1 Å².